The number of benzene rings is 1. The molecule has 0 bridgehead atoms. The van der Waals surface area contributed by atoms with Crippen LogP contribution in [0.4, 0.5) is 0 Å². The van der Waals surface area contributed by atoms with E-state index in [1.54, 1.807) is 31.5 Å². The van der Waals surface area contributed by atoms with Crippen LogP contribution in [-0.2, 0) is 22.4 Å². The van der Waals surface area contributed by atoms with Crippen molar-refractivity contribution < 1.29 is 14.3 Å². The Balaban J connectivity index is 1.38. The van der Waals surface area contributed by atoms with E-state index in [0.717, 1.165) is 29.7 Å². The number of aromatic nitrogens is 1. The van der Waals surface area contributed by atoms with Crippen molar-refractivity contribution >= 4 is 11.8 Å². The standard InChI is InChI=1S/C22H27N3O3/c1-25(13-9-16-6-10-23-11-7-16)22(27)20-15-19(20)21(26)24-12-8-17-4-3-5-18(14-17)28-2/h3-7,10-11,14,19-20H,8-9,12-13,15H2,1-2H3,(H,24,26). The van der Waals surface area contributed by atoms with Gasteiger partial charge in [0, 0.05) is 32.5 Å². The average Bonchev–Trinajstić information content (AvgIpc) is 3.53. The number of nitrogens with zero attached hydrogens (tertiary/aromatic N) is 2. The van der Waals surface area contributed by atoms with Crippen LogP contribution in [0, 0.1) is 11.8 Å². The highest BCUT2D eigenvalue weighted by atomic mass is 16.5. The lowest BCUT2D eigenvalue weighted by molar-refractivity contribution is -0.133. The molecule has 1 aromatic carbocycles. The van der Waals surface area contributed by atoms with E-state index in [4.69, 9.17) is 4.74 Å². The van der Waals surface area contributed by atoms with Crippen LogP contribution < -0.4 is 10.1 Å². The highest BCUT2D eigenvalue weighted by Crippen LogP contribution is 2.40. The molecule has 3 rings (SSSR count). The topological polar surface area (TPSA) is 71.5 Å². The third-order valence-electron chi connectivity index (χ3n) is 5.15. The number of hydrogen-bond donors (Lipinski definition) is 1. The monoisotopic (exact) mass is 381 g/mol. The lowest BCUT2D eigenvalue weighted by Crippen LogP contribution is -2.33. The van der Waals surface area contributed by atoms with Crippen molar-refractivity contribution in [2.45, 2.75) is 19.3 Å². The number of pyridine rings is 1. The van der Waals surface area contributed by atoms with E-state index in [-0.39, 0.29) is 23.7 Å². The van der Waals surface area contributed by atoms with Crippen molar-refractivity contribution in [1.29, 1.82) is 0 Å². The molecule has 28 heavy (non-hydrogen) atoms. The first-order valence-electron chi connectivity index (χ1n) is 9.63. The Labute approximate surface area is 165 Å². The second-order valence-electron chi connectivity index (χ2n) is 7.21. The van der Waals surface area contributed by atoms with E-state index in [1.165, 1.54) is 0 Å². The summed E-state index contributed by atoms with van der Waals surface area (Å²) in [7, 11) is 3.44. The summed E-state index contributed by atoms with van der Waals surface area (Å²) in [5.74, 6) is 0.470. The van der Waals surface area contributed by atoms with Crippen LogP contribution in [0.3, 0.4) is 0 Å². The fourth-order valence-electron chi connectivity index (χ4n) is 3.29. The third kappa shape index (κ3) is 5.31. The summed E-state index contributed by atoms with van der Waals surface area (Å²) >= 11 is 0. The molecule has 0 saturated heterocycles. The van der Waals surface area contributed by atoms with Crippen molar-refractivity contribution in [2.24, 2.45) is 11.8 Å². The maximum Gasteiger partial charge on any atom is 0.226 e. The van der Waals surface area contributed by atoms with Crippen molar-refractivity contribution in [3.05, 3.63) is 59.9 Å². The van der Waals surface area contributed by atoms with E-state index < -0.39 is 0 Å². The predicted octanol–water partition coefficient (Wildman–Crippen LogP) is 2.09. The summed E-state index contributed by atoms with van der Waals surface area (Å²) in [6, 6.07) is 11.7. The van der Waals surface area contributed by atoms with Gasteiger partial charge in [-0.1, -0.05) is 12.1 Å². The molecule has 2 atom stereocenters. The molecule has 6 heteroatoms. The van der Waals surface area contributed by atoms with E-state index >= 15 is 0 Å². The van der Waals surface area contributed by atoms with E-state index in [0.29, 0.717) is 19.5 Å². The third-order valence-corrected chi connectivity index (χ3v) is 5.15. The highest BCUT2D eigenvalue weighted by molar-refractivity contribution is 5.92. The van der Waals surface area contributed by atoms with Gasteiger partial charge in [-0.25, -0.2) is 0 Å². The molecule has 1 fully saturated rings. The fraction of sp³-hybridized carbons (Fsp3) is 0.409. The van der Waals surface area contributed by atoms with Gasteiger partial charge in [0.2, 0.25) is 11.8 Å². The minimum atomic E-state index is -0.193. The molecule has 2 amide bonds. The lowest BCUT2D eigenvalue weighted by atomic mass is 10.1. The maximum absolute atomic E-state index is 12.5. The fourth-order valence-corrected chi connectivity index (χ4v) is 3.29. The quantitative estimate of drug-likeness (QED) is 0.722. The summed E-state index contributed by atoms with van der Waals surface area (Å²) in [6.07, 6.45) is 5.67. The highest BCUT2D eigenvalue weighted by Gasteiger charge is 2.48. The van der Waals surface area contributed by atoms with Gasteiger partial charge in [-0.3, -0.25) is 14.6 Å². The number of carbonyl (C=O) groups is 2. The SMILES string of the molecule is COc1cccc(CCNC(=O)C2CC2C(=O)N(C)CCc2ccncc2)c1. The average molecular weight is 381 g/mol. The first-order chi connectivity index (χ1) is 13.6. The molecule has 1 aliphatic rings. The second-order valence-corrected chi connectivity index (χ2v) is 7.21. The second kappa shape index (κ2) is 9.35. The lowest BCUT2D eigenvalue weighted by Gasteiger charge is -2.17. The molecule has 6 nitrogen and oxygen atoms in total. The number of carbonyl (C=O) groups excluding carboxylic acids is 2. The number of methoxy groups -OCH3 is 1. The summed E-state index contributed by atoms with van der Waals surface area (Å²) in [4.78, 5) is 30.6. The Bertz CT molecular complexity index is 810. The van der Waals surface area contributed by atoms with Crippen LogP contribution in [0.25, 0.3) is 0 Å². The molecular weight excluding hydrogens is 354 g/mol. The smallest absolute Gasteiger partial charge is 0.226 e. The first kappa shape index (κ1) is 19.9. The Morgan fingerprint density at radius 1 is 1.14 bits per heavy atom. The zero-order chi connectivity index (χ0) is 19.9. The normalized spacial score (nSPS) is 17.6. The van der Waals surface area contributed by atoms with Gasteiger partial charge in [0.05, 0.1) is 18.9 Å². The molecule has 1 aliphatic carbocycles. The zero-order valence-corrected chi connectivity index (χ0v) is 16.4. The van der Waals surface area contributed by atoms with E-state index in [1.807, 2.05) is 36.4 Å². The van der Waals surface area contributed by atoms with Gasteiger partial charge in [0.15, 0.2) is 0 Å². The minimum Gasteiger partial charge on any atom is -0.497 e. The van der Waals surface area contributed by atoms with Gasteiger partial charge in [0.25, 0.3) is 0 Å². The molecule has 1 N–H and O–H groups in total. The van der Waals surface area contributed by atoms with Crippen molar-refractivity contribution in [1.82, 2.24) is 15.2 Å². The van der Waals surface area contributed by atoms with Crippen LogP contribution in [-0.4, -0.2) is 48.9 Å². The number of hydrogen-bond acceptors (Lipinski definition) is 4. The molecule has 1 heterocycles. The van der Waals surface area contributed by atoms with Crippen LogP contribution in [0.15, 0.2) is 48.8 Å². The summed E-state index contributed by atoms with van der Waals surface area (Å²) in [5, 5.41) is 2.95. The van der Waals surface area contributed by atoms with Gasteiger partial charge < -0.3 is 15.0 Å². The maximum atomic E-state index is 12.5. The van der Waals surface area contributed by atoms with Gasteiger partial charge in [-0.15, -0.1) is 0 Å². The van der Waals surface area contributed by atoms with Gasteiger partial charge in [-0.05, 0) is 54.7 Å². The molecule has 0 spiro atoms. The predicted molar refractivity (Wildman–Crippen MR) is 107 cm³/mol. The van der Waals surface area contributed by atoms with Crippen LogP contribution >= 0.6 is 0 Å². The zero-order valence-electron chi connectivity index (χ0n) is 16.4. The van der Waals surface area contributed by atoms with Gasteiger partial charge in [0.1, 0.15) is 5.75 Å². The molecular formula is C22H27N3O3. The van der Waals surface area contributed by atoms with Crippen molar-refractivity contribution in [3.63, 3.8) is 0 Å². The summed E-state index contributed by atoms with van der Waals surface area (Å²) in [5.41, 5.74) is 2.26. The molecule has 2 unspecified atom stereocenters. The van der Waals surface area contributed by atoms with Crippen LogP contribution in [0.1, 0.15) is 17.5 Å². The molecule has 148 valence electrons. The molecule has 0 radical (unpaired) electrons. The summed E-state index contributed by atoms with van der Waals surface area (Å²) < 4.78 is 5.21. The number of nitrogens with one attached hydrogen (secondary N) is 1. The molecule has 0 aliphatic heterocycles. The largest absolute Gasteiger partial charge is 0.497 e. The first-order valence-corrected chi connectivity index (χ1v) is 9.63. The Morgan fingerprint density at radius 2 is 1.93 bits per heavy atom. The van der Waals surface area contributed by atoms with E-state index in [2.05, 4.69) is 10.3 Å². The number of ether oxygens (including phenoxy) is 1. The van der Waals surface area contributed by atoms with Crippen molar-refractivity contribution in [2.75, 3.05) is 27.2 Å². The number of rotatable bonds is 9. The summed E-state index contributed by atoms with van der Waals surface area (Å²) in [6.45, 7) is 1.20. The Morgan fingerprint density at radius 3 is 2.68 bits per heavy atom. The van der Waals surface area contributed by atoms with Crippen LogP contribution in [0.5, 0.6) is 5.75 Å². The Kier molecular flexibility index (Phi) is 6.63. The Hall–Kier alpha value is -2.89. The number of amides is 2. The van der Waals surface area contributed by atoms with E-state index in [9.17, 15) is 9.59 Å². The van der Waals surface area contributed by atoms with Gasteiger partial charge in [-0.2, -0.15) is 0 Å². The minimum absolute atomic E-state index is 0.0243. The molecule has 1 aromatic heterocycles. The number of likely N-dealkylation sites (N-methyl/N-ethyl adjacent to an activating group) is 1. The van der Waals surface area contributed by atoms with Crippen molar-refractivity contribution in [3.8, 4) is 5.75 Å². The van der Waals surface area contributed by atoms with Gasteiger partial charge >= 0.3 is 0 Å². The van der Waals surface area contributed by atoms with Crippen LogP contribution in [0.2, 0.25) is 0 Å². The molecule has 1 saturated carbocycles. The molecule has 2 aromatic rings.